The van der Waals surface area contributed by atoms with Crippen LogP contribution in [0.2, 0.25) is 0 Å². The lowest BCUT2D eigenvalue weighted by atomic mass is 10.1. The Kier molecular flexibility index (Phi) is 5.99. The van der Waals surface area contributed by atoms with Gasteiger partial charge in [-0.1, -0.05) is 30.3 Å². The van der Waals surface area contributed by atoms with Crippen molar-refractivity contribution in [3.8, 4) is 28.4 Å². The van der Waals surface area contributed by atoms with Gasteiger partial charge in [0, 0.05) is 38.0 Å². The van der Waals surface area contributed by atoms with Gasteiger partial charge in [0.05, 0.1) is 18.8 Å². The maximum absolute atomic E-state index is 13.1. The zero-order valence-corrected chi connectivity index (χ0v) is 17.8. The number of aromatic nitrogens is 4. The topological polar surface area (TPSA) is 94.1 Å². The minimum Gasteiger partial charge on any atom is -0.493 e. The minimum atomic E-state index is -0.239. The summed E-state index contributed by atoms with van der Waals surface area (Å²) in [4.78, 5) is 20.7. The number of benzene rings is 2. The van der Waals surface area contributed by atoms with Crippen LogP contribution < -0.4 is 15.6 Å². The Balaban J connectivity index is 1.80. The molecule has 0 atom stereocenters. The standard InChI is InChI=1S/C23H25N5O3/c1-4-31-18-14-16(24-12-13-30-3)10-11-17(18)21-25-22-19(23(29)26-21)20(27-28(22)2)15-8-6-5-7-9-15/h5-11,14,24H,4,12-13H2,1-3H3,(H,25,26,29). The summed E-state index contributed by atoms with van der Waals surface area (Å²) in [6, 6.07) is 15.3. The SMILES string of the molecule is CCOc1cc(NCCOC)ccc1-c1nc2c(c(-c3ccccc3)nn2C)c(=O)[nH]1. The number of nitrogens with one attached hydrogen (secondary N) is 2. The zero-order valence-electron chi connectivity index (χ0n) is 17.8. The van der Waals surface area contributed by atoms with Crippen molar-refractivity contribution in [3.63, 3.8) is 0 Å². The highest BCUT2D eigenvalue weighted by Gasteiger charge is 2.18. The fourth-order valence-electron chi connectivity index (χ4n) is 3.48. The average molecular weight is 419 g/mol. The van der Waals surface area contributed by atoms with Gasteiger partial charge in [-0.05, 0) is 19.1 Å². The molecule has 2 heterocycles. The van der Waals surface area contributed by atoms with E-state index in [1.165, 1.54) is 0 Å². The van der Waals surface area contributed by atoms with Gasteiger partial charge in [0.15, 0.2) is 5.65 Å². The number of hydrogen-bond acceptors (Lipinski definition) is 6. The molecule has 2 N–H and O–H groups in total. The molecule has 160 valence electrons. The molecule has 0 spiro atoms. The zero-order chi connectivity index (χ0) is 21.8. The highest BCUT2D eigenvalue weighted by molar-refractivity contribution is 5.91. The average Bonchev–Trinajstić information content (AvgIpc) is 3.12. The molecule has 8 nitrogen and oxygen atoms in total. The van der Waals surface area contributed by atoms with Gasteiger partial charge in [0.25, 0.3) is 5.56 Å². The first-order chi connectivity index (χ1) is 15.1. The highest BCUT2D eigenvalue weighted by Crippen LogP contribution is 2.32. The van der Waals surface area contributed by atoms with Crippen molar-refractivity contribution >= 4 is 16.7 Å². The number of aryl methyl sites for hydroxylation is 1. The second-order valence-corrected chi connectivity index (χ2v) is 7.01. The van der Waals surface area contributed by atoms with Gasteiger partial charge >= 0.3 is 0 Å². The van der Waals surface area contributed by atoms with Gasteiger partial charge in [0.1, 0.15) is 22.7 Å². The number of fused-ring (bicyclic) bond motifs is 1. The van der Waals surface area contributed by atoms with E-state index in [0.717, 1.165) is 11.3 Å². The quantitative estimate of drug-likeness (QED) is 0.425. The number of hydrogen-bond donors (Lipinski definition) is 2. The van der Waals surface area contributed by atoms with Gasteiger partial charge in [-0.25, -0.2) is 9.67 Å². The minimum absolute atomic E-state index is 0.239. The Hall–Kier alpha value is -3.65. The van der Waals surface area contributed by atoms with Crippen LogP contribution in [-0.2, 0) is 11.8 Å². The van der Waals surface area contributed by atoms with E-state index >= 15 is 0 Å². The number of aromatic amines is 1. The van der Waals surface area contributed by atoms with Crippen LogP contribution in [0.1, 0.15) is 6.92 Å². The molecule has 0 saturated heterocycles. The normalized spacial score (nSPS) is 11.1. The predicted molar refractivity (Wildman–Crippen MR) is 122 cm³/mol. The monoisotopic (exact) mass is 419 g/mol. The van der Waals surface area contributed by atoms with E-state index in [0.29, 0.717) is 53.6 Å². The van der Waals surface area contributed by atoms with Gasteiger partial charge in [0.2, 0.25) is 0 Å². The summed E-state index contributed by atoms with van der Waals surface area (Å²) in [5.41, 5.74) is 3.37. The fraction of sp³-hybridized carbons (Fsp3) is 0.261. The van der Waals surface area contributed by atoms with Crippen LogP contribution in [0.5, 0.6) is 5.75 Å². The van der Waals surface area contributed by atoms with Gasteiger partial charge in [-0.3, -0.25) is 4.79 Å². The summed E-state index contributed by atoms with van der Waals surface area (Å²) >= 11 is 0. The second kappa shape index (κ2) is 9.01. The Morgan fingerprint density at radius 2 is 1.97 bits per heavy atom. The predicted octanol–water partition coefficient (Wildman–Crippen LogP) is 3.45. The molecule has 0 aliphatic heterocycles. The molecule has 0 saturated carbocycles. The first-order valence-corrected chi connectivity index (χ1v) is 10.1. The summed E-state index contributed by atoms with van der Waals surface area (Å²) in [5, 5.41) is 8.30. The molecule has 0 aliphatic rings. The van der Waals surface area contributed by atoms with Crippen LogP contribution in [0.25, 0.3) is 33.7 Å². The molecule has 0 fully saturated rings. The number of nitrogens with zero attached hydrogens (tertiary/aromatic N) is 3. The Bertz CT molecular complexity index is 1250. The summed E-state index contributed by atoms with van der Waals surface area (Å²) in [7, 11) is 3.45. The molecule has 2 aromatic heterocycles. The van der Waals surface area contributed by atoms with Crippen LogP contribution in [0.15, 0.2) is 53.3 Å². The lowest BCUT2D eigenvalue weighted by molar-refractivity contribution is 0.211. The van der Waals surface area contributed by atoms with Crippen molar-refractivity contribution in [1.82, 2.24) is 19.7 Å². The Morgan fingerprint density at radius 1 is 1.16 bits per heavy atom. The van der Waals surface area contributed by atoms with Crippen molar-refractivity contribution < 1.29 is 9.47 Å². The Morgan fingerprint density at radius 3 is 2.71 bits per heavy atom. The lowest BCUT2D eigenvalue weighted by Crippen LogP contribution is -2.11. The maximum atomic E-state index is 13.1. The maximum Gasteiger partial charge on any atom is 0.262 e. The molecule has 31 heavy (non-hydrogen) atoms. The van der Waals surface area contributed by atoms with Crippen LogP contribution in [0.4, 0.5) is 5.69 Å². The number of anilines is 1. The van der Waals surface area contributed by atoms with E-state index in [1.807, 2.05) is 55.5 Å². The smallest absolute Gasteiger partial charge is 0.262 e. The summed E-state index contributed by atoms with van der Waals surface area (Å²) in [6.45, 7) is 3.69. The van der Waals surface area contributed by atoms with E-state index in [4.69, 9.17) is 14.5 Å². The first kappa shape index (κ1) is 20.6. The molecule has 0 unspecified atom stereocenters. The molecule has 2 aromatic carbocycles. The van der Waals surface area contributed by atoms with E-state index in [9.17, 15) is 4.79 Å². The molecule has 8 heteroatoms. The van der Waals surface area contributed by atoms with Crippen molar-refractivity contribution in [1.29, 1.82) is 0 Å². The van der Waals surface area contributed by atoms with Crippen LogP contribution in [-0.4, -0.2) is 46.6 Å². The fourth-order valence-corrected chi connectivity index (χ4v) is 3.48. The molecular formula is C23H25N5O3. The third-order valence-electron chi connectivity index (χ3n) is 4.91. The third-order valence-corrected chi connectivity index (χ3v) is 4.91. The number of ether oxygens (including phenoxy) is 2. The van der Waals surface area contributed by atoms with E-state index < -0.39 is 0 Å². The van der Waals surface area contributed by atoms with E-state index in [1.54, 1.807) is 18.8 Å². The number of methoxy groups -OCH3 is 1. The number of rotatable bonds is 8. The summed E-state index contributed by atoms with van der Waals surface area (Å²) < 4.78 is 12.6. The summed E-state index contributed by atoms with van der Waals surface area (Å²) in [6.07, 6.45) is 0. The first-order valence-electron chi connectivity index (χ1n) is 10.1. The molecule has 0 radical (unpaired) electrons. The van der Waals surface area contributed by atoms with Crippen molar-refractivity contribution in [2.45, 2.75) is 6.92 Å². The lowest BCUT2D eigenvalue weighted by Gasteiger charge is -2.13. The molecule has 4 aromatic rings. The third kappa shape index (κ3) is 4.15. The van der Waals surface area contributed by atoms with Crippen LogP contribution in [0, 0.1) is 0 Å². The molecule has 4 rings (SSSR count). The van der Waals surface area contributed by atoms with Crippen molar-refractivity contribution in [2.75, 3.05) is 32.2 Å². The van der Waals surface area contributed by atoms with Crippen molar-refractivity contribution in [3.05, 3.63) is 58.9 Å². The number of H-pyrrole nitrogens is 1. The highest BCUT2D eigenvalue weighted by atomic mass is 16.5. The van der Waals surface area contributed by atoms with Crippen molar-refractivity contribution in [2.24, 2.45) is 7.05 Å². The molecule has 0 aliphatic carbocycles. The largest absolute Gasteiger partial charge is 0.493 e. The van der Waals surface area contributed by atoms with Crippen LogP contribution in [0.3, 0.4) is 0 Å². The Labute approximate surface area is 179 Å². The van der Waals surface area contributed by atoms with Gasteiger partial charge < -0.3 is 19.8 Å². The molecular weight excluding hydrogens is 394 g/mol. The second-order valence-electron chi connectivity index (χ2n) is 7.01. The molecule has 0 amide bonds. The van der Waals surface area contributed by atoms with Gasteiger partial charge in [-0.15, -0.1) is 0 Å². The molecule has 0 bridgehead atoms. The van der Waals surface area contributed by atoms with E-state index in [2.05, 4.69) is 15.4 Å². The van der Waals surface area contributed by atoms with Gasteiger partial charge in [-0.2, -0.15) is 5.10 Å². The summed E-state index contributed by atoms with van der Waals surface area (Å²) in [5.74, 6) is 1.07. The van der Waals surface area contributed by atoms with Crippen LogP contribution >= 0.6 is 0 Å². The van der Waals surface area contributed by atoms with E-state index in [-0.39, 0.29) is 5.56 Å².